The Hall–Kier alpha value is -3.40. The predicted octanol–water partition coefficient (Wildman–Crippen LogP) is 4.39. The fraction of sp³-hybridized carbons (Fsp3) is 0.333. The first kappa shape index (κ1) is 25.2. The number of carbonyl (C=O) groups is 1. The smallest absolute Gasteiger partial charge is 0.387 e. The van der Waals surface area contributed by atoms with Gasteiger partial charge >= 0.3 is 6.61 Å². The molecule has 1 heterocycles. The number of benzene rings is 2. The molecule has 1 aliphatic heterocycles. The van der Waals surface area contributed by atoms with Crippen molar-refractivity contribution in [2.75, 3.05) is 26.9 Å². The van der Waals surface area contributed by atoms with Gasteiger partial charge in [-0.25, -0.2) is 0 Å². The number of thiocarbonyl (C=S) groups is 1. The SMILES string of the molecule is CCOc1ccc(CCN2C(=O)/C(=C\c3ccc(OC(F)F)c(OC)c3)NC2=S)cc1OCC. The molecule has 0 radical (unpaired) electrons. The summed E-state index contributed by atoms with van der Waals surface area (Å²) < 4.78 is 45.9. The molecule has 3 rings (SSSR count). The highest BCUT2D eigenvalue weighted by Gasteiger charge is 2.30. The second-order valence-corrected chi connectivity index (χ2v) is 7.52. The lowest BCUT2D eigenvalue weighted by molar-refractivity contribution is -0.122. The lowest BCUT2D eigenvalue weighted by atomic mass is 10.1. The summed E-state index contributed by atoms with van der Waals surface area (Å²) in [5.41, 5.74) is 1.81. The average Bonchev–Trinajstić information content (AvgIpc) is 3.07. The number of nitrogens with zero attached hydrogens (tertiary/aromatic N) is 1. The van der Waals surface area contributed by atoms with Gasteiger partial charge < -0.3 is 24.3 Å². The molecule has 34 heavy (non-hydrogen) atoms. The van der Waals surface area contributed by atoms with Crippen LogP contribution in [0.2, 0.25) is 0 Å². The molecule has 0 spiro atoms. The van der Waals surface area contributed by atoms with E-state index < -0.39 is 6.61 Å². The number of rotatable bonds is 11. The Morgan fingerprint density at radius 2 is 1.74 bits per heavy atom. The number of nitrogens with one attached hydrogen (secondary N) is 1. The van der Waals surface area contributed by atoms with E-state index in [2.05, 4.69) is 10.1 Å². The largest absolute Gasteiger partial charge is 0.493 e. The predicted molar refractivity (Wildman–Crippen MR) is 128 cm³/mol. The van der Waals surface area contributed by atoms with E-state index in [1.807, 2.05) is 32.0 Å². The number of amides is 1. The van der Waals surface area contributed by atoms with Crippen LogP contribution in [0, 0.1) is 0 Å². The lowest BCUT2D eigenvalue weighted by Crippen LogP contribution is -2.32. The minimum absolute atomic E-state index is 0.0933. The van der Waals surface area contributed by atoms with Gasteiger partial charge in [-0.2, -0.15) is 8.78 Å². The summed E-state index contributed by atoms with van der Waals surface area (Å²) in [5.74, 6) is 1.08. The van der Waals surface area contributed by atoms with Crippen molar-refractivity contribution in [1.82, 2.24) is 10.2 Å². The first-order valence-electron chi connectivity index (χ1n) is 10.7. The zero-order valence-electron chi connectivity index (χ0n) is 19.1. The van der Waals surface area contributed by atoms with Crippen molar-refractivity contribution in [3.63, 3.8) is 0 Å². The molecule has 2 aromatic rings. The number of carbonyl (C=O) groups excluding carboxylic acids is 1. The van der Waals surface area contributed by atoms with Crippen LogP contribution in [-0.2, 0) is 11.2 Å². The summed E-state index contributed by atoms with van der Waals surface area (Å²) in [6.07, 6.45) is 2.13. The van der Waals surface area contributed by atoms with Crippen LogP contribution >= 0.6 is 12.2 Å². The third kappa shape index (κ3) is 6.13. The third-order valence-electron chi connectivity index (χ3n) is 4.91. The van der Waals surface area contributed by atoms with Crippen molar-refractivity contribution in [1.29, 1.82) is 0 Å². The lowest BCUT2D eigenvalue weighted by Gasteiger charge is -2.16. The van der Waals surface area contributed by atoms with Gasteiger partial charge in [0.25, 0.3) is 5.91 Å². The standard InChI is InChI=1S/C24H26F2N2O5S/c1-4-31-18-8-6-15(13-21(18)32-5-2)10-11-28-22(29)17(27-24(28)34)12-16-7-9-19(33-23(25)26)20(14-16)30-3/h6-9,12-14,23H,4-5,10-11H2,1-3H3,(H,27,34)/b17-12+. The number of hydrogen-bond acceptors (Lipinski definition) is 6. The topological polar surface area (TPSA) is 69.3 Å². The molecular formula is C24H26F2N2O5S. The van der Waals surface area contributed by atoms with Crippen LogP contribution in [0.25, 0.3) is 6.08 Å². The normalized spacial score (nSPS) is 14.5. The fourth-order valence-corrected chi connectivity index (χ4v) is 3.68. The Kier molecular flexibility index (Phi) is 8.64. The maximum Gasteiger partial charge on any atom is 0.387 e. The average molecular weight is 493 g/mol. The second kappa shape index (κ2) is 11.6. The molecule has 0 unspecified atom stereocenters. The van der Waals surface area contributed by atoms with Crippen molar-refractivity contribution in [3.05, 3.63) is 53.2 Å². The molecule has 1 N–H and O–H groups in total. The summed E-state index contributed by atoms with van der Waals surface area (Å²) in [6.45, 7) is 2.25. The second-order valence-electron chi connectivity index (χ2n) is 7.13. The van der Waals surface area contributed by atoms with E-state index in [0.29, 0.717) is 43.2 Å². The maximum atomic E-state index is 12.9. The number of alkyl halides is 2. The number of halogens is 2. The van der Waals surface area contributed by atoms with E-state index >= 15 is 0 Å². The molecule has 0 saturated carbocycles. The van der Waals surface area contributed by atoms with E-state index in [1.165, 1.54) is 24.1 Å². The number of methoxy groups -OCH3 is 1. The van der Waals surface area contributed by atoms with Gasteiger partial charge in [-0.15, -0.1) is 0 Å². The summed E-state index contributed by atoms with van der Waals surface area (Å²) >= 11 is 5.35. The molecule has 0 aliphatic carbocycles. The van der Waals surface area contributed by atoms with E-state index in [1.54, 1.807) is 12.1 Å². The molecule has 1 saturated heterocycles. The van der Waals surface area contributed by atoms with Crippen LogP contribution in [0.3, 0.4) is 0 Å². The summed E-state index contributed by atoms with van der Waals surface area (Å²) in [6, 6.07) is 10.1. The molecule has 182 valence electrons. The van der Waals surface area contributed by atoms with Gasteiger partial charge in [0, 0.05) is 6.54 Å². The Balaban J connectivity index is 1.71. The van der Waals surface area contributed by atoms with Gasteiger partial charge in [0.15, 0.2) is 28.1 Å². The number of hydrogen-bond donors (Lipinski definition) is 1. The van der Waals surface area contributed by atoms with Crippen LogP contribution < -0.4 is 24.3 Å². The van der Waals surface area contributed by atoms with E-state index in [0.717, 1.165) is 5.56 Å². The van der Waals surface area contributed by atoms with E-state index in [4.69, 9.17) is 26.4 Å². The van der Waals surface area contributed by atoms with Crippen LogP contribution in [0.1, 0.15) is 25.0 Å². The van der Waals surface area contributed by atoms with Gasteiger partial charge in [0.1, 0.15) is 5.70 Å². The zero-order chi connectivity index (χ0) is 24.7. The molecule has 1 amide bonds. The molecule has 0 aromatic heterocycles. The molecule has 0 bridgehead atoms. The van der Waals surface area contributed by atoms with Crippen molar-refractivity contribution < 1.29 is 32.5 Å². The monoisotopic (exact) mass is 492 g/mol. The Morgan fingerprint density at radius 3 is 2.41 bits per heavy atom. The number of ether oxygens (including phenoxy) is 4. The maximum absolute atomic E-state index is 12.9. The van der Waals surface area contributed by atoms with Crippen LogP contribution in [0.4, 0.5) is 8.78 Å². The highest BCUT2D eigenvalue weighted by molar-refractivity contribution is 7.80. The van der Waals surface area contributed by atoms with Crippen LogP contribution in [0.5, 0.6) is 23.0 Å². The molecular weight excluding hydrogens is 466 g/mol. The van der Waals surface area contributed by atoms with E-state index in [9.17, 15) is 13.6 Å². The van der Waals surface area contributed by atoms with Gasteiger partial charge in [0.2, 0.25) is 0 Å². The van der Waals surface area contributed by atoms with Crippen molar-refractivity contribution in [2.45, 2.75) is 26.9 Å². The fourth-order valence-electron chi connectivity index (χ4n) is 3.40. The Morgan fingerprint density at radius 1 is 1.03 bits per heavy atom. The highest BCUT2D eigenvalue weighted by atomic mass is 32.1. The first-order chi connectivity index (χ1) is 16.4. The Bertz CT molecular complexity index is 1080. The summed E-state index contributed by atoms with van der Waals surface area (Å²) in [7, 11) is 1.35. The van der Waals surface area contributed by atoms with Crippen LogP contribution in [-0.4, -0.2) is 49.4 Å². The van der Waals surface area contributed by atoms with Crippen molar-refractivity contribution in [2.24, 2.45) is 0 Å². The molecule has 2 aromatic carbocycles. The van der Waals surface area contributed by atoms with Crippen molar-refractivity contribution in [3.8, 4) is 23.0 Å². The molecule has 1 aliphatic rings. The molecule has 0 atom stereocenters. The highest BCUT2D eigenvalue weighted by Crippen LogP contribution is 2.31. The zero-order valence-corrected chi connectivity index (χ0v) is 19.9. The molecule has 1 fully saturated rings. The van der Waals surface area contributed by atoms with Gasteiger partial charge in [-0.3, -0.25) is 9.69 Å². The molecule has 10 heteroatoms. The quantitative estimate of drug-likeness (QED) is 0.369. The van der Waals surface area contributed by atoms with Crippen LogP contribution in [0.15, 0.2) is 42.1 Å². The minimum Gasteiger partial charge on any atom is -0.493 e. The minimum atomic E-state index is -2.97. The van der Waals surface area contributed by atoms with Gasteiger partial charge in [-0.1, -0.05) is 12.1 Å². The van der Waals surface area contributed by atoms with Gasteiger partial charge in [-0.05, 0) is 74.0 Å². The summed E-state index contributed by atoms with van der Waals surface area (Å²) in [4.78, 5) is 14.4. The summed E-state index contributed by atoms with van der Waals surface area (Å²) in [5, 5.41) is 3.20. The van der Waals surface area contributed by atoms with Crippen molar-refractivity contribution >= 4 is 29.3 Å². The molecule has 7 nitrogen and oxygen atoms in total. The first-order valence-corrected chi connectivity index (χ1v) is 11.1. The van der Waals surface area contributed by atoms with Gasteiger partial charge in [0.05, 0.1) is 20.3 Å². The van der Waals surface area contributed by atoms with E-state index in [-0.39, 0.29) is 28.2 Å². The Labute approximate surface area is 202 Å². The third-order valence-corrected chi connectivity index (χ3v) is 5.23.